The summed E-state index contributed by atoms with van der Waals surface area (Å²) in [4.78, 5) is 0. The van der Waals surface area contributed by atoms with Crippen molar-refractivity contribution in [2.75, 3.05) is 6.61 Å². The molecule has 0 N–H and O–H groups in total. The molecule has 3 rings (SSSR count). The Kier molecular flexibility index (Phi) is 6.01. The first kappa shape index (κ1) is 18.8. The normalized spacial score (nSPS) is 10.9. The number of ether oxygens (including phenoxy) is 2. The van der Waals surface area contributed by atoms with Crippen LogP contribution in [0.4, 0.5) is 13.2 Å². The molecule has 0 fully saturated rings. The van der Waals surface area contributed by atoms with Crippen molar-refractivity contribution in [3.05, 3.63) is 72.5 Å². The lowest BCUT2D eigenvalue weighted by molar-refractivity contribution is -0.0498. The van der Waals surface area contributed by atoms with Crippen LogP contribution in [0.2, 0.25) is 0 Å². The minimum atomic E-state index is -2.87. The zero-order valence-electron chi connectivity index (χ0n) is 14.8. The first-order valence-corrected chi connectivity index (χ1v) is 8.65. The summed E-state index contributed by atoms with van der Waals surface area (Å²) in [7, 11) is 0. The lowest BCUT2D eigenvalue weighted by atomic mass is 9.99. The van der Waals surface area contributed by atoms with Crippen LogP contribution in [0.15, 0.2) is 66.7 Å². The van der Waals surface area contributed by atoms with E-state index in [4.69, 9.17) is 4.74 Å². The monoisotopic (exact) mass is 372 g/mol. The highest BCUT2D eigenvalue weighted by atomic mass is 19.3. The molecule has 0 atom stereocenters. The van der Waals surface area contributed by atoms with Gasteiger partial charge in [-0.1, -0.05) is 43.3 Å². The molecule has 0 radical (unpaired) electrons. The number of rotatable bonds is 7. The van der Waals surface area contributed by atoms with E-state index in [0.29, 0.717) is 23.3 Å². The summed E-state index contributed by atoms with van der Waals surface area (Å²) in [5, 5.41) is 0. The van der Waals surface area contributed by atoms with Gasteiger partial charge in [-0.05, 0) is 53.4 Å². The Morgan fingerprint density at radius 3 is 1.96 bits per heavy atom. The Morgan fingerprint density at radius 2 is 1.37 bits per heavy atom. The van der Waals surface area contributed by atoms with E-state index in [0.717, 1.165) is 17.7 Å². The van der Waals surface area contributed by atoms with Crippen molar-refractivity contribution >= 4 is 0 Å². The van der Waals surface area contributed by atoms with Crippen LogP contribution in [0.1, 0.15) is 13.3 Å². The van der Waals surface area contributed by atoms with E-state index in [1.54, 1.807) is 24.3 Å². The minimum absolute atomic E-state index is 0.0659. The summed E-state index contributed by atoms with van der Waals surface area (Å²) in [5.41, 5.74) is 2.61. The van der Waals surface area contributed by atoms with Gasteiger partial charge in [0.05, 0.1) is 6.61 Å². The molecule has 0 saturated heterocycles. The fourth-order valence-corrected chi connectivity index (χ4v) is 2.71. The highest BCUT2D eigenvalue weighted by molar-refractivity contribution is 5.71. The van der Waals surface area contributed by atoms with Crippen molar-refractivity contribution in [2.45, 2.75) is 20.0 Å². The molecular weight excluding hydrogens is 353 g/mol. The maximum absolute atomic E-state index is 14.6. The molecule has 0 saturated carbocycles. The van der Waals surface area contributed by atoms with Crippen molar-refractivity contribution in [2.24, 2.45) is 0 Å². The highest BCUT2D eigenvalue weighted by Crippen LogP contribution is 2.30. The van der Waals surface area contributed by atoms with Gasteiger partial charge in [-0.2, -0.15) is 8.78 Å². The van der Waals surface area contributed by atoms with Gasteiger partial charge in [-0.25, -0.2) is 4.39 Å². The summed E-state index contributed by atoms with van der Waals surface area (Å²) in [6, 6.07) is 18.3. The maximum Gasteiger partial charge on any atom is 0.387 e. The zero-order chi connectivity index (χ0) is 19.2. The van der Waals surface area contributed by atoms with E-state index < -0.39 is 6.61 Å². The third-order valence-electron chi connectivity index (χ3n) is 4.02. The summed E-state index contributed by atoms with van der Waals surface area (Å²) in [6.45, 7) is -0.194. The predicted molar refractivity (Wildman–Crippen MR) is 99.7 cm³/mol. The Hall–Kier alpha value is -2.95. The second-order valence-corrected chi connectivity index (χ2v) is 5.97. The number of benzene rings is 3. The van der Waals surface area contributed by atoms with Gasteiger partial charge in [-0.3, -0.25) is 0 Å². The molecule has 5 heteroatoms. The summed E-state index contributed by atoms with van der Waals surface area (Å²) < 4.78 is 48.9. The largest absolute Gasteiger partial charge is 0.494 e. The fourth-order valence-electron chi connectivity index (χ4n) is 2.71. The van der Waals surface area contributed by atoms with Gasteiger partial charge in [-0.15, -0.1) is 0 Å². The quantitative estimate of drug-likeness (QED) is 0.468. The molecule has 0 heterocycles. The molecule has 0 unspecified atom stereocenters. The van der Waals surface area contributed by atoms with Crippen molar-refractivity contribution < 1.29 is 22.6 Å². The van der Waals surface area contributed by atoms with E-state index >= 15 is 0 Å². The molecular formula is C22H19F3O2. The van der Waals surface area contributed by atoms with Crippen molar-refractivity contribution in [1.29, 1.82) is 0 Å². The van der Waals surface area contributed by atoms with E-state index in [2.05, 4.69) is 4.74 Å². The smallest absolute Gasteiger partial charge is 0.387 e. The second-order valence-electron chi connectivity index (χ2n) is 5.97. The number of halogens is 3. The molecule has 0 aromatic heterocycles. The van der Waals surface area contributed by atoms with Gasteiger partial charge >= 0.3 is 6.61 Å². The molecule has 3 aromatic carbocycles. The fraction of sp³-hybridized carbons (Fsp3) is 0.182. The van der Waals surface area contributed by atoms with Crippen LogP contribution < -0.4 is 9.47 Å². The van der Waals surface area contributed by atoms with Gasteiger partial charge in [0.25, 0.3) is 0 Å². The zero-order valence-corrected chi connectivity index (χ0v) is 14.8. The lowest BCUT2D eigenvalue weighted by Crippen LogP contribution is -2.01. The van der Waals surface area contributed by atoms with Gasteiger partial charge in [0.15, 0.2) is 0 Å². The van der Waals surface area contributed by atoms with Crippen LogP contribution in [0, 0.1) is 5.82 Å². The van der Waals surface area contributed by atoms with Gasteiger partial charge < -0.3 is 9.47 Å². The molecule has 0 bridgehead atoms. The predicted octanol–water partition coefficient (Wildman–Crippen LogP) is 6.55. The van der Waals surface area contributed by atoms with E-state index in [-0.39, 0.29) is 11.6 Å². The van der Waals surface area contributed by atoms with Crippen molar-refractivity contribution in [3.63, 3.8) is 0 Å². The Morgan fingerprint density at radius 1 is 0.778 bits per heavy atom. The third-order valence-corrected chi connectivity index (χ3v) is 4.02. The standard InChI is InChI=1S/C22H19F3O2/c1-2-13-26-18-8-5-16(6-9-18)20-12-7-17(14-21(20)23)15-3-10-19(11-4-15)27-22(24)25/h3-12,14,22H,2,13H2,1H3. The lowest BCUT2D eigenvalue weighted by Gasteiger charge is -2.09. The molecule has 27 heavy (non-hydrogen) atoms. The van der Waals surface area contributed by atoms with E-state index in [9.17, 15) is 13.2 Å². The maximum atomic E-state index is 14.6. The van der Waals surface area contributed by atoms with Crippen LogP contribution in [0.5, 0.6) is 11.5 Å². The van der Waals surface area contributed by atoms with Crippen LogP contribution in [0.25, 0.3) is 22.3 Å². The molecule has 3 aromatic rings. The third kappa shape index (κ3) is 4.82. The number of alkyl halides is 2. The van der Waals surface area contributed by atoms with Crippen molar-refractivity contribution in [1.82, 2.24) is 0 Å². The molecule has 0 aliphatic rings. The first-order chi connectivity index (χ1) is 13.1. The van der Waals surface area contributed by atoms with Crippen molar-refractivity contribution in [3.8, 4) is 33.8 Å². The Labute approximate surface area is 156 Å². The van der Waals surface area contributed by atoms with Gasteiger partial charge in [0.2, 0.25) is 0 Å². The average molecular weight is 372 g/mol. The molecule has 0 aliphatic heterocycles. The van der Waals surface area contributed by atoms with Crippen LogP contribution >= 0.6 is 0 Å². The Balaban J connectivity index is 1.79. The van der Waals surface area contributed by atoms with Crippen LogP contribution in [-0.4, -0.2) is 13.2 Å². The SMILES string of the molecule is CCCOc1ccc(-c2ccc(-c3ccc(OC(F)F)cc3)cc2F)cc1. The van der Waals surface area contributed by atoms with Gasteiger partial charge in [0, 0.05) is 5.56 Å². The summed E-state index contributed by atoms with van der Waals surface area (Å²) in [5.74, 6) is 0.461. The topological polar surface area (TPSA) is 18.5 Å². The number of hydrogen-bond donors (Lipinski definition) is 0. The van der Waals surface area contributed by atoms with E-state index in [1.165, 1.54) is 18.2 Å². The highest BCUT2D eigenvalue weighted by Gasteiger charge is 2.09. The van der Waals surface area contributed by atoms with Gasteiger partial charge in [0.1, 0.15) is 17.3 Å². The summed E-state index contributed by atoms with van der Waals surface area (Å²) >= 11 is 0. The molecule has 0 amide bonds. The molecule has 0 aliphatic carbocycles. The first-order valence-electron chi connectivity index (χ1n) is 8.65. The average Bonchev–Trinajstić information content (AvgIpc) is 2.67. The number of hydrogen-bond acceptors (Lipinski definition) is 2. The van der Waals surface area contributed by atoms with Crippen LogP contribution in [-0.2, 0) is 0 Å². The Bertz CT molecular complexity index is 875. The summed E-state index contributed by atoms with van der Waals surface area (Å²) in [6.07, 6.45) is 0.924. The van der Waals surface area contributed by atoms with E-state index in [1.807, 2.05) is 31.2 Å². The molecule has 2 nitrogen and oxygen atoms in total. The van der Waals surface area contributed by atoms with Crippen LogP contribution in [0.3, 0.4) is 0 Å². The molecule has 0 spiro atoms. The second kappa shape index (κ2) is 8.62. The minimum Gasteiger partial charge on any atom is -0.494 e. The molecule has 140 valence electrons.